The highest BCUT2D eigenvalue weighted by Crippen LogP contribution is 2.47. The van der Waals surface area contributed by atoms with E-state index >= 15 is 0 Å². The standard InChI is InChI=1S/C17H27NO/c1-6-17(5)15(11-16(17)19-7-2)18-14-9-8-12(3)10-13(14)4/h8-10,15-16,18H,6-7,11H2,1-5H3. The van der Waals surface area contributed by atoms with Crippen LogP contribution in [0.2, 0.25) is 0 Å². The van der Waals surface area contributed by atoms with Crippen LogP contribution in [0, 0.1) is 19.3 Å². The third-order valence-corrected chi connectivity index (χ3v) is 4.82. The molecule has 0 amide bonds. The van der Waals surface area contributed by atoms with Crippen molar-refractivity contribution in [3.63, 3.8) is 0 Å². The van der Waals surface area contributed by atoms with E-state index in [4.69, 9.17) is 4.74 Å². The van der Waals surface area contributed by atoms with Crippen molar-refractivity contribution >= 4 is 5.69 Å². The summed E-state index contributed by atoms with van der Waals surface area (Å²) in [5.74, 6) is 0. The molecule has 106 valence electrons. The molecule has 1 aromatic rings. The van der Waals surface area contributed by atoms with Gasteiger partial charge in [-0.2, -0.15) is 0 Å². The van der Waals surface area contributed by atoms with Crippen LogP contribution < -0.4 is 5.32 Å². The van der Waals surface area contributed by atoms with Crippen molar-refractivity contribution in [3.8, 4) is 0 Å². The lowest BCUT2D eigenvalue weighted by molar-refractivity contribution is -0.109. The van der Waals surface area contributed by atoms with Crippen molar-refractivity contribution in [1.29, 1.82) is 0 Å². The zero-order valence-corrected chi connectivity index (χ0v) is 12.9. The number of hydrogen-bond acceptors (Lipinski definition) is 2. The summed E-state index contributed by atoms with van der Waals surface area (Å²) in [4.78, 5) is 0. The number of ether oxygens (including phenoxy) is 1. The molecule has 2 rings (SSSR count). The quantitative estimate of drug-likeness (QED) is 0.853. The fourth-order valence-electron chi connectivity index (χ4n) is 3.14. The van der Waals surface area contributed by atoms with Crippen LogP contribution in [0.25, 0.3) is 0 Å². The normalized spacial score (nSPS) is 29.9. The van der Waals surface area contributed by atoms with Crippen molar-refractivity contribution in [1.82, 2.24) is 0 Å². The van der Waals surface area contributed by atoms with E-state index in [-0.39, 0.29) is 5.41 Å². The van der Waals surface area contributed by atoms with E-state index in [0.717, 1.165) is 19.4 Å². The SMILES string of the molecule is CCOC1CC(Nc2ccc(C)cc2C)C1(C)CC. The molecule has 0 aromatic heterocycles. The molecule has 19 heavy (non-hydrogen) atoms. The highest BCUT2D eigenvalue weighted by Gasteiger charge is 2.51. The van der Waals surface area contributed by atoms with Gasteiger partial charge in [0.1, 0.15) is 0 Å². The largest absolute Gasteiger partial charge is 0.381 e. The fraction of sp³-hybridized carbons (Fsp3) is 0.647. The zero-order chi connectivity index (χ0) is 14.0. The van der Waals surface area contributed by atoms with Gasteiger partial charge < -0.3 is 10.1 Å². The Morgan fingerprint density at radius 1 is 1.32 bits per heavy atom. The van der Waals surface area contributed by atoms with Crippen molar-refractivity contribution in [3.05, 3.63) is 29.3 Å². The average Bonchev–Trinajstić information content (AvgIpc) is 2.39. The van der Waals surface area contributed by atoms with Gasteiger partial charge >= 0.3 is 0 Å². The lowest BCUT2D eigenvalue weighted by Gasteiger charge is -2.54. The molecule has 1 fully saturated rings. The van der Waals surface area contributed by atoms with Crippen LogP contribution in [0.3, 0.4) is 0 Å². The van der Waals surface area contributed by atoms with Crippen LogP contribution in [0.4, 0.5) is 5.69 Å². The molecule has 1 aliphatic rings. The first-order valence-electron chi connectivity index (χ1n) is 7.46. The Hall–Kier alpha value is -1.02. The second-order valence-electron chi connectivity index (χ2n) is 6.05. The monoisotopic (exact) mass is 261 g/mol. The van der Waals surface area contributed by atoms with Gasteiger partial charge in [0.05, 0.1) is 6.10 Å². The fourth-order valence-corrected chi connectivity index (χ4v) is 3.14. The molecule has 1 aromatic carbocycles. The van der Waals surface area contributed by atoms with E-state index in [2.05, 4.69) is 58.1 Å². The van der Waals surface area contributed by atoms with Crippen LogP contribution in [0.1, 0.15) is 44.7 Å². The molecule has 0 radical (unpaired) electrons. The maximum absolute atomic E-state index is 5.86. The number of anilines is 1. The van der Waals surface area contributed by atoms with Gasteiger partial charge in [-0.25, -0.2) is 0 Å². The average molecular weight is 261 g/mol. The number of nitrogens with one attached hydrogen (secondary N) is 1. The van der Waals surface area contributed by atoms with Gasteiger partial charge in [-0.3, -0.25) is 0 Å². The Morgan fingerprint density at radius 3 is 2.63 bits per heavy atom. The molecule has 0 heterocycles. The smallest absolute Gasteiger partial charge is 0.0667 e. The summed E-state index contributed by atoms with van der Waals surface area (Å²) < 4.78 is 5.86. The van der Waals surface area contributed by atoms with E-state index in [1.807, 2.05) is 0 Å². The van der Waals surface area contributed by atoms with Gasteiger partial charge in [-0.05, 0) is 45.2 Å². The van der Waals surface area contributed by atoms with Gasteiger partial charge in [0.25, 0.3) is 0 Å². The minimum Gasteiger partial charge on any atom is -0.381 e. The Kier molecular flexibility index (Phi) is 4.19. The summed E-state index contributed by atoms with van der Waals surface area (Å²) in [5.41, 5.74) is 4.18. The molecule has 2 nitrogen and oxygen atoms in total. The Balaban J connectivity index is 2.08. The van der Waals surface area contributed by atoms with Gasteiger partial charge in [0, 0.05) is 23.8 Å². The first-order valence-corrected chi connectivity index (χ1v) is 7.46. The van der Waals surface area contributed by atoms with Crippen LogP contribution in [0.15, 0.2) is 18.2 Å². The molecule has 0 spiro atoms. The Morgan fingerprint density at radius 2 is 2.05 bits per heavy atom. The third-order valence-electron chi connectivity index (χ3n) is 4.82. The molecule has 3 atom stereocenters. The molecule has 1 aliphatic carbocycles. The molecule has 3 unspecified atom stereocenters. The first-order chi connectivity index (χ1) is 9.01. The van der Waals surface area contributed by atoms with E-state index in [9.17, 15) is 0 Å². The maximum atomic E-state index is 5.86. The number of benzene rings is 1. The molecule has 0 saturated heterocycles. The second-order valence-corrected chi connectivity index (χ2v) is 6.05. The summed E-state index contributed by atoms with van der Waals surface area (Å²) in [7, 11) is 0. The lowest BCUT2D eigenvalue weighted by atomic mass is 9.61. The summed E-state index contributed by atoms with van der Waals surface area (Å²) in [6, 6.07) is 7.14. The molecular formula is C17H27NO. The zero-order valence-electron chi connectivity index (χ0n) is 12.9. The van der Waals surface area contributed by atoms with Crippen LogP contribution >= 0.6 is 0 Å². The van der Waals surface area contributed by atoms with Crippen LogP contribution in [-0.2, 0) is 4.74 Å². The maximum Gasteiger partial charge on any atom is 0.0667 e. The van der Waals surface area contributed by atoms with Gasteiger partial charge in [0.15, 0.2) is 0 Å². The topological polar surface area (TPSA) is 21.3 Å². The summed E-state index contributed by atoms with van der Waals surface area (Å²) in [6.45, 7) is 11.8. The van der Waals surface area contributed by atoms with E-state index in [1.165, 1.54) is 16.8 Å². The lowest BCUT2D eigenvalue weighted by Crippen LogP contribution is -2.59. The minimum atomic E-state index is 0.257. The molecule has 2 heteroatoms. The molecule has 1 N–H and O–H groups in total. The van der Waals surface area contributed by atoms with Gasteiger partial charge in [-0.1, -0.05) is 31.5 Å². The van der Waals surface area contributed by atoms with Crippen LogP contribution in [0.5, 0.6) is 0 Å². The molecule has 1 saturated carbocycles. The number of hydrogen-bond donors (Lipinski definition) is 1. The van der Waals surface area contributed by atoms with Crippen molar-refractivity contribution < 1.29 is 4.74 Å². The van der Waals surface area contributed by atoms with E-state index < -0.39 is 0 Å². The highest BCUT2D eigenvalue weighted by atomic mass is 16.5. The predicted octanol–water partition coefficient (Wildman–Crippen LogP) is 4.31. The first kappa shape index (κ1) is 14.4. The van der Waals surface area contributed by atoms with Crippen molar-refractivity contribution in [2.24, 2.45) is 5.41 Å². The van der Waals surface area contributed by atoms with E-state index in [0.29, 0.717) is 12.1 Å². The second kappa shape index (κ2) is 5.54. The molecular weight excluding hydrogens is 234 g/mol. The third kappa shape index (κ3) is 2.64. The molecule has 0 aliphatic heterocycles. The summed E-state index contributed by atoms with van der Waals surface area (Å²) >= 11 is 0. The molecule has 0 bridgehead atoms. The van der Waals surface area contributed by atoms with Crippen molar-refractivity contribution in [2.45, 2.75) is 59.6 Å². The predicted molar refractivity (Wildman–Crippen MR) is 81.8 cm³/mol. The van der Waals surface area contributed by atoms with Gasteiger partial charge in [-0.15, -0.1) is 0 Å². The minimum absolute atomic E-state index is 0.257. The summed E-state index contributed by atoms with van der Waals surface area (Å²) in [5, 5.41) is 3.72. The van der Waals surface area contributed by atoms with Gasteiger partial charge in [0.2, 0.25) is 0 Å². The van der Waals surface area contributed by atoms with Crippen LogP contribution in [-0.4, -0.2) is 18.8 Å². The summed E-state index contributed by atoms with van der Waals surface area (Å²) in [6.07, 6.45) is 2.68. The number of aryl methyl sites for hydroxylation is 2. The van der Waals surface area contributed by atoms with Crippen molar-refractivity contribution in [2.75, 3.05) is 11.9 Å². The number of rotatable bonds is 5. The van der Waals surface area contributed by atoms with E-state index in [1.54, 1.807) is 0 Å². The Labute approximate surface area is 117 Å². The highest BCUT2D eigenvalue weighted by molar-refractivity contribution is 5.53. The Bertz CT molecular complexity index is 443.